The van der Waals surface area contributed by atoms with Crippen molar-refractivity contribution in [2.24, 2.45) is 0 Å². The molecule has 0 saturated heterocycles. The van der Waals surface area contributed by atoms with E-state index in [4.69, 9.17) is 13.0 Å². The molecule has 0 unspecified atom stereocenters. The molecule has 0 bridgehead atoms. The average Bonchev–Trinajstić information content (AvgIpc) is 3.26. The number of allylic oxidation sites excluding steroid dienone is 12. The van der Waals surface area contributed by atoms with E-state index in [9.17, 15) is 0 Å². The van der Waals surface area contributed by atoms with Crippen molar-refractivity contribution in [1.82, 2.24) is 0 Å². The number of hydrogen-bond acceptors (Lipinski definition) is 3. The third-order valence-corrected chi connectivity index (χ3v) is 9.76. The van der Waals surface area contributed by atoms with Crippen molar-refractivity contribution in [2.45, 2.75) is 272 Å². The molecule has 61 heavy (non-hydrogen) atoms. The molecule has 0 heterocycles. The van der Waals surface area contributed by atoms with Crippen molar-refractivity contribution in [3.05, 3.63) is 86.8 Å². The third kappa shape index (κ3) is 94.7. The molecule has 0 radical (unpaired) electrons. The number of aliphatic hydroxyl groups excluding tert-OH is 2. The molecule has 0 saturated carbocycles. The molecular formula is C57H108O3Zr. The van der Waals surface area contributed by atoms with Crippen LogP contribution in [0.25, 0.3) is 0 Å². The SMILES string of the molecule is CC(C)O.CCCCC/C=C\C/C=C\CCCCCCCCO.[CH2-]CCCCCCC/C=C\C/C=C\CCCCC.[CH2-]CCCCCCC/C=C\C/C=C\CCCCC.[O]=[Zr+2]. The van der Waals surface area contributed by atoms with E-state index in [0.717, 1.165) is 38.5 Å². The second-order valence-electron chi connectivity index (χ2n) is 16.6. The first-order valence-electron chi connectivity index (χ1n) is 26.0. The summed E-state index contributed by atoms with van der Waals surface area (Å²) in [7, 11) is 0. The van der Waals surface area contributed by atoms with Crippen molar-refractivity contribution in [3.8, 4) is 0 Å². The Morgan fingerprint density at radius 1 is 0.361 bits per heavy atom. The molecule has 0 amide bonds. The molecule has 358 valence electrons. The van der Waals surface area contributed by atoms with E-state index < -0.39 is 0 Å². The summed E-state index contributed by atoms with van der Waals surface area (Å²) < 4.78 is 8.34. The maximum atomic E-state index is 8.66. The Bertz CT molecular complexity index is 825. The Balaban J connectivity index is -0.000000241. The fourth-order valence-corrected chi connectivity index (χ4v) is 6.08. The first-order valence-corrected chi connectivity index (χ1v) is 27.0. The van der Waals surface area contributed by atoms with E-state index >= 15 is 0 Å². The minimum absolute atomic E-state index is 0.167. The Morgan fingerprint density at radius 3 is 0.770 bits per heavy atom. The van der Waals surface area contributed by atoms with Crippen LogP contribution < -0.4 is 0 Å². The first-order chi connectivity index (χ1) is 30.0. The van der Waals surface area contributed by atoms with Gasteiger partial charge < -0.3 is 24.1 Å². The van der Waals surface area contributed by atoms with Gasteiger partial charge in [-0.05, 0) is 117 Å². The van der Waals surface area contributed by atoms with Gasteiger partial charge in [-0.1, -0.05) is 209 Å². The second kappa shape index (κ2) is 76.3. The van der Waals surface area contributed by atoms with Gasteiger partial charge in [-0.3, -0.25) is 0 Å². The van der Waals surface area contributed by atoms with Crippen LogP contribution in [0.15, 0.2) is 72.9 Å². The summed E-state index contributed by atoms with van der Waals surface area (Å²) in [4.78, 5) is 0. The number of hydrogen-bond donors (Lipinski definition) is 2. The zero-order valence-corrected chi connectivity index (χ0v) is 44.3. The molecule has 0 aromatic rings. The molecule has 0 fully saturated rings. The number of unbranched alkanes of at least 4 members (excludes halogenated alkanes) is 27. The molecule has 0 aromatic heterocycles. The minimum atomic E-state index is -0.167. The van der Waals surface area contributed by atoms with Gasteiger partial charge in [0.1, 0.15) is 0 Å². The van der Waals surface area contributed by atoms with Crippen molar-refractivity contribution in [3.63, 3.8) is 0 Å². The quantitative estimate of drug-likeness (QED) is 0.0366. The van der Waals surface area contributed by atoms with E-state index in [1.807, 2.05) is 0 Å². The van der Waals surface area contributed by atoms with E-state index in [1.54, 1.807) is 13.8 Å². The van der Waals surface area contributed by atoms with Crippen LogP contribution in [0, 0.1) is 13.8 Å². The Labute approximate surface area is 400 Å². The van der Waals surface area contributed by atoms with Crippen molar-refractivity contribution < 1.29 is 37.7 Å². The van der Waals surface area contributed by atoms with Crippen LogP contribution in [-0.4, -0.2) is 22.9 Å². The van der Waals surface area contributed by atoms with Crippen LogP contribution in [0.4, 0.5) is 0 Å². The monoisotopic (exact) mass is 931 g/mol. The summed E-state index contributed by atoms with van der Waals surface area (Å²) in [5.74, 6) is 0. The van der Waals surface area contributed by atoms with E-state index in [1.165, 1.54) is 193 Å². The number of aliphatic hydroxyl groups is 2. The molecule has 0 aliphatic heterocycles. The molecule has 2 N–H and O–H groups in total. The van der Waals surface area contributed by atoms with Gasteiger partial charge >= 0.3 is 27.5 Å². The van der Waals surface area contributed by atoms with Crippen LogP contribution in [-0.2, 0) is 27.5 Å². The zero-order chi connectivity index (χ0) is 46.2. The molecule has 4 heteroatoms. The van der Waals surface area contributed by atoms with Crippen molar-refractivity contribution in [1.29, 1.82) is 0 Å². The summed E-state index contributed by atoms with van der Waals surface area (Å²) in [5, 5.41) is 16.7. The van der Waals surface area contributed by atoms with Crippen LogP contribution in [0.1, 0.15) is 266 Å². The summed E-state index contributed by atoms with van der Waals surface area (Å²) in [6, 6.07) is 0. The van der Waals surface area contributed by atoms with E-state index in [0.29, 0.717) is 31.3 Å². The summed E-state index contributed by atoms with van der Waals surface area (Å²) in [6.07, 6.45) is 73.8. The molecule has 0 spiro atoms. The van der Waals surface area contributed by atoms with Gasteiger partial charge in [0.25, 0.3) is 0 Å². The topological polar surface area (TPSA) is 57.5 Å². The van der Waals surface area contributed by atoms with Gasteiger partial charge in [-0.2, -0.15) is 12.8 Å². The van der Waals surface area contributed by atoms with Crippen molar-refractivity contribution >= 4 is 0 Å². The van der Waals surface area contributed by atoms with Crippen LogP contribution in [0.2, 0.25) is 0 Å². The van der Waals surface area contributed by atoms with Gasteiger partial charge in [0, 0.05) is 12.7 Å². The predicted molar refractivity (Wildman–Crippen MR) is 274 cm³/mol. The molecule has 3 nitrogen and oxygen atoms in total. The summed E-state index contributed by atoms with van der Waals surface area (Å²) in [5.41, 5.74) is 0. The molecule has 0 atom stereocenters. The van der Waals surface area contributed by atoms with Gasteiger partial charge in [-0.15, -0.1) is 0 Å². The predicted octanol–water partition coefficient (Wildman–Crippen LogP) is 19.3. The van der Waals surface area contributed by atoms with Gasteiger partial charge in [0.05, 0.1) is 0 Å². The Morgan fingerprint density at radius 2 is 0.557 bits per heavy atom. The Hall–Kier alpha value is -0.957. The van der Waals surface area contributed by atoms with Crippen LogP contribution in [0.5, 0.6) is 0 Å². The number of rotatable bonds is 40. The molecule has 0 rings (SSSR count). The van der Waals surface area contributed by atoms with Gasteiger partial charge in [-0.25, -0.2) is 0 Å². The molecule has 0 aliphatic carbocycles. The fraction of sp³-hybridized carbons (Fsp3) is 0.754. The average molecular weight is 933 g/mol. The zero-order valence-electron chi connectivity index (χ0n) is 41.9. The maximum absolute atomic E-state index is 8.66. The standard InChI is InChI=1S/C18H34O.2C18H33.C3H8O.O.Zr/c1-2-3-4-5-6-7-8-9-10-11-12-13-14-15-16-17-18-19;2*1-3-5-7-9-11-13-15-17-18-16-14-12-10-8-6-4-2;1-3(2)4;;/h6-7,9-10,19H,2-5,8,11-18H2,1H3;2*12,14,17-18H,1,3-11,13,15-16H2,2H3;3-4H,1-2H3;;/q;2*-1;;;+2/b7-6-,10-9-;2*14-12-,18-17-;;;. The molecular weight excluding hydrogens is 824 g/mol. The van der Waals surface area contributed by atoms with Gasteiger partial charge in [0.15, 0.2) is 0 Å². The normalized spacial score (nSPS) is 11.4. The van der Waals surface area contributed by atoms with Crippen LogP contribution >= 0.6 is 0 Å². The van der Waals surface area contributed by atoms with E-state index in [2.05, 4.69) is 108 Å². The van der Waals surface area contributed by atoms with E-state index in [-0.39, 0.29) is 6.10 Å². The summed E-state index contributed by atoms with van der Waals surface area (Å²) in [6.45, 7) is 18.3. The van der Waals surface area contributed by atoms with Crippen LogP contribution in [0.3, 0.4) is 0 Å². The third-order valence-electron chi connectivity index (χ3n) is 9.76. The van der Waals surface area contributed by atoms with Gasteiger partial charge in [0.2, 0.25) is 0 Å². The first kappa shape index (κ1) is 69.1. The van der Waals surface area contributed by atoms with Crippen molar-refractivity contribution in [2.75, 3.05) is 6.61 Å². The fourth-order valence-electron chi connectivity index (χ4n) is 6.08. The summed E-state index contributed by atoms with van der Waals surface area (Å²) >= 11 is 0.300. The molecule has 0 aromatic carbocycles. The second-order valence-corrected chi connectivity index (χ2v) is 16.6. The molecule has 0 aliphatic rings. The Kier molecular flexibility index (Phi) is 86.5.